The Morgan fingerprint density at radius 1 is 0.271 bits per heavy atom. The average molecular weight is 756 g/mol. The third kappa shape index (κ3) is 6.18. The number of para-hydroxylation sites is 2. The number of hydrogen-bond acceptors (Lipinski definition) is 6. The summed E-state index contributed by atoms with van der Waals surface area (Å²) < 4.78 is 2.31. The molecule has 59 heavy (non-hydrogen) atoms. The zero-order valence-corrected chi connectivity index (χ0v) is 31.7. The quantitative estimate of drug-likeness (QED) is 0.161. The van der Waals surface area contributed by atoms with Crippen molar-refractivity contribution in [3.8, 4) is 74.0 Å². The summed E-state index contributed by atoms with van der Waals surface area (Å²) in [4.78, 5) is 31.0. The Morgan fingerprint density at radius 3 is 1.22 bits per heavy atom. The summed E-state index contributed by atoms with van der Waals surface area (Å²) in [6, 6.07) is 68.2. The summed E-state index contributed by atoms with van der Waals surface area (Å²) >= 11 is 0. The maximum atomic E-state index is 5.24. The molecule has 3 heterocycles. The lowest BCUT2D eigenvalue weighted by Gasteiger charge is -2.16. The molecule has 0 atom stereocenters. The van der Waals surface area contributed by atoms with Gasteiger partial charge in [-0.3, -0.25) is 0 Å². The minimum Gasteiger partial charge on any atom is -0.309 e. The van der Waals surface area contributed by atoms with E-state index in [4.69, 9.17) is 29.9 Å². The summed E-state index contributed by atoms with van der Waals surface area (Å²) in [6.07, 6.45) is 0. The molecule has 0 bridgehead atoms. The van der Waals surface area contributed by atoms with Gasteiger partial charge in [-0.2, -0.15) is 0 Å². The van der Waals surface area contributed by atoms with Crippen LogP contribution in [-0.2, 0) is 0 Å². The van der Waals surface area contributed by atoms with E-state index in [-0.39, 0.29) is 0 Å². The number of benzene rings is 8. The zero-order chi connectivity index (χ0) is 39.1. The number of hydrogen-bond donors (Lipinski definition) is 0. The van der Waals surface area contributed by atoms with Crippen molar-refractivity contribution in [1.29, 1.82) is 0 Å². The number of rotatable bonds is 7. The second-order valence-corrected chi connectivity index (χ2v) is 14.3. The summed E-state index contributed by atoms with van der Waals surface area (Å²) in [5.41, 5.74) is 8.30. The molecule has 0 saturated carbocycles. The van der Waals surface area contributed by atoms with Gasteiger partial charge in [0.1, 0.15) is 0 Å². The molecule has 8 aromatic carbocycles. The number of nitrogens with zero attached hydrogens (tertiary/aromatic N) is 7. The van der Waals surface area contributed by atoms with Gasteiger partial charge in [0.2, 0.25) is 0 Å². The lowest BCUT2D eigenvalue weighted by Crippen LogP contribution is -2.05. The molecule has 11 rings (SSSR count). The van der Waals surface area contributed by atoms with E-state index in [0.29, 0.717) is 34.9 Å². The first-order valence-electron chi connectivity index (χ1n) is 19.6. The highest BCUT2D eigenvalue weighted by Gasteiger charge is 2.22. The molecule has 0 fully saturated rings. The predicted molar refractivity (Wildman–Crippen MR) is 238 cm³/mol. The van der Waals surface area contributed by atoms with Crippen molar-refractivity contribution < 1.29 is 0 Å². The Balaban J connectivity index is 1.20. The summed E-state index contributed by atoms with van der Waals surface area (Å²) in [6.45, 7) is 0. The van der Waals surface area contributed by atoms with Crippen LogP contribution in [0.1, 0.15) is 0 Å². The van der Waals surface area contributed by atoms with Crippen molar-refractivity contribution in [2.45, 2.75) is 0 Å². The van der Waals surface area contributed by atoms with Gasteiger partial charge in [-0.25, -0.2) is 29.9 Å². The minimum atomic E-state index is 0.531. The molecule has 0 spiro atoms. The van der Waals surface area contributed by atoms with Crippen LogP contribution in [0.15, 0.2) is 200 Å². The van der Waals surface area contributed by atoms with Gasteiger partial charge in [-0.15, -0.1) is 0 Å². The van der Waals surface area contributed by atoms with E-state index in [1.54, 1.807) is 0 Å². The molecule has 0 unspecified atom stereocenters. The topological polar surface area (TPSA) is 82.3 Å². The normalized spacial score (nSPS) is 11.4. The van der Waals surface area contributed by atoms with E-state index in [2.05, 4.69) is 102 Å². The molecule has 0 saturated heterocycles. The second-order valence-electron chi connectivity index (χ2n) is 14.3. The number of fused-ring (bicyclic) bond motifs is 4. The smallest absolute Gasteiger partial charge is 0.166 e. The molecule has 0 aliphatic rings. The van der Waals surface area contributed by atoms with E-state index < -0.39 is 0 Å². The van der Waals surface area contributed by atoms with Gasteiger partial charge in [0.15, 0.2) is 34.9 Å². The Labute approximate surface area is 340 Å². The largest absolute Gasteiger partial charge is 0.309 e. The molecule has 0 aliphatic heterocycles. The molecule has 11 aromatic rings. The molecule has 7 nitrogen and oxygen atoms in total. The monoisotopic (exact) mass is 755 g/mol. The first-order chi connectivity index (χ1) is 29.2. The van der Waals surface area contributed by atoms with Crippen LogP contribution in [0.5, 0.6) is 0 Å². The Morgan fingerprint density at radius 2 is 0.678 bits per heavy atom. The lowest BCUT2D eigenvalue weighted by atomic mass is 10.0. The maximum Gasteiger partial charge on any atom is 0.166 e. The molecule has 3 aromatic heterocycles. The van der Waals surface area contributed by atoms with Gasteiger partial charge in [-0.05, 0) is 41.1 Å². The highest BCUT2D eigenvalue weighted by molar-refractivity contribution is 6.09. The van der Waals surface area contributed by atoms with Crippen LogP contribution in [0.4, 0.5) is 0 Å². The van der Waals surface area contributed by atoms with Crippen molar-refractivity contribution in [3.63, 3.8) is 0 Å². The fourth-order valence-corrected chi connectivity index (χ4v) is 7.92. The van der Waals surface area contributed by atoms with Gasteiger partial charge >= 0.3 is 0 Å². The Hall–Kier alpha value is -8.16. The number of aromatic nitrogens is 7. The van der Waals surface area contributed by atoms with Crippen molar-refractivity contribution >= 4 is 32.6 Å². The van der Waals surface area contributed by atoms with Gasteiger partial charge in [0.25, 0.3) is 0 Å². The third-order valence-electron chi connectivity index (χ3n) is 10.7. The van der Waals surface area contributed by atoms with Crippen LogP contribution in [-0.4, -0.2) is 34.5 Å². The first kappa shape index (κ1) is 34.1. The van der Waals surface area contributed by atoms with E-state index in [1.165, 1.54) is 0 Å². The highest BCUT2D eigenvalue weighted by Crippen LogP contribution is 2.38. The van der Waals surface area contributed by atoms with Crippen LogP contribution in [0, 0.1) is 0 Å². The average Bonchev–Trinajstić information content (AvgIpc) is 3.66. The molecule has 7 heteroatoms. The van der Waals surface area contributed by atoms with Gasteiger partial charge in [-0.1, -0.05) is 170 Å². The summed E-state index contributed by atoms with van der Waals surface area (Å²) in [5.74, 6) is 3.41. The van der Waals surface area contributed by atoms with Crippen molar-refractivity contribution in [3.05, 3.63) is 200 Å². The van der Waals surface area contributed by atoms with E-state index >= 15 is 0 Å². The SMILES string of the molecule is c1ccc(-c2nc(-c3ccccc3)nc(-c3cc(-c4nc(-c5ccccc5)nc(-c5cccc6ccccc56)n4)ccc3-n3c4ccccc4c4ccccc43)n2)cc1. The van der Waals surface area contributed by atoms with E-state index in [0.717, 1.165) is 71.6 Å². The summed E-state index contributed by atoms with van der Waals surface area (Å²) in [7, 11) is 0. The van der Waals surface area contributed by atoms with Crippen LogP contribution in [0.2, 0.25) is 0 Å². The third-order valence-corrected chi connectivity index (χ3v) is 10.7. The van der Waals surface area contributed by atoms with Crippen LogP contribution >= 0.6 is 0 Å². The zero-order valence-electron chi connectivity index (χ0n) is 31.7. The minimum absolute atomic E-state index is 0.531. The standard InChI is InChI=1S/C52H33N7/c1-4-18-35(19-5-1)47-53-48(36-20-6-2-7-21-36)57-52(56-47)43-33-38(31-32-46(43)59-44-29-14-12-26-40(44)41-27-13-15-30-45(41)59)50-54-49(37-22-8-3-9-23-37)55-51(58-50)42-28-16-24-34-17-10-11-25-39(34)42/h1-33H. The highest BCUT2D eigenvalue weighted by atomic mass is 15.1. The van der Waals surface area contributed by atoms with Crippen LogP contribution < -0.4 is 0 Å². The molecule has 0 amide bonds. The fourth-order valence-electron chi connectivity index (χ4n) is 7.92. The van der Waals surface area contributed by atoms with E-state index in [1.807, 2.05) is 103 Å². The van der Waals surface area contributed by atoms with Gasteiger partial charge < -0.3 is 4.57 Å². The Kier molecular flexibility index (Phi) is 8.33. The molecule has 0 N–H and O–H groups in total. The molecule has 276 valence electrons. The van der Waals surface area contributed by atoms with Crippen LogP contribution in [0.25, 0.3) is 107 Å². The van der Waals surface area contributed by atoms with E-state index in [9.17, 15) is 0 Å². The van der Waals surface area contributed by atoms with Gasteiger partial charge in [0.05, 0.1) is 16.7 Å². The second kappa shape index (κ2) is 14.4. The molecular weight excluding hydrogens is 723 g/mol. The summed E-state index contributed by atoms with van der Waals surface area (Å²) in [5, 5.41) is 4.51. The lowest BCUT2D eigenvalue weighted by molar-refractivity contribution is 1.06. The first-order valence-corrected chi connectivity index (χ1v) is 19.6. The van der Waals surface area contributed by atoms with Crippen molar-refractivity contribution in [1.82, 2.24) is 34.5 Å². The maximum absolute atomic E-state index is 5.24. The van der Waals surface area contributed by atoms with Crippen LogP contribution in [0.3, 0.4) is 0 Å². The van der Waals surface area contributed by atoms with Crippen molar-refractivity contribution in [2.75, 3.05) is 0 Å². The molecule has 0 radical (unpaired) electrons. The van der Waals surface area contributed by atoms with Gasteiger partial charge in [0, 0.05) is 44.2 Å². The fraction of sp³-hybridized carbons (Fsp3) is 0. The predicted octanol–water partition coefficient (Wildman–Crippen LogP) is 12.3. The van der Waals surface area contributed by atoms with Crippen molar-refractivity contribution in [2.24, 2.45) is 0 Å². The molecule has 0 aliphatic carbocycles. The Bertz CT molecular complexity index is 3210. The molecular formula is C52H33N7.